The van der Waals surface area contributed by atoms with Gasteiger partial charge in [0.1, 0.15) is 0 Å². The van der Waals surface area contributed by atoms with Gasteiger partial charge in [0.15, 0.2) is 11.6 Å². The highest BCUT2D eigenvalue weighted by Crippen LogP contribution is 2.20. The average molecular weight is 234 g/mol. The Balaban J connectivity index is 2.20. The average Bonchev–Trinajstić information content (AvgIpc) is 2.34. The number of benzene rings is 1. The first kappa shape index (κ1) is 11.7. The summed E-state index contributed by atoms with van der Waals surface area (Å²) in [5.74, 6) is -1.75. The fourth-order valence-corrected chi connectivity index (χ4v) is 1.66. The van der Waals surface area contributed by atoms with Crippen LogP contribution in [0.15, 0.2) is 42.6 Å². The van der Waals surface area contributed by atoms with Crippen molar-refractivity contribution in [1.82, 2.24) is 4.98 Å². The molecule has 0 radical (unpaired) electrons. The minimum atomic E-state index is -0.879. The van der Waals surface area contributed by atoms with Gasteiger partial charge < -0.3 is 5.73 Å². The van der Waals surface area contributed by atoms with Crippen LogP contribution in [0, 0.1) is 11.6 Å². The van der Waals surface area contributed by atoms with Crippen LogP contribution in [0.2, 0.25) is 0 Å². The van der Waals surface area contributed by atoms with Gasteiger partial charge in [-0.25, -0.2) is 8.78 Å². The van der Waals surface area contributed by atoms with Crippen molar-refractivity contribution in [3.8, 4) is 0 Å². The Morgan fingerprint density at radius 1 is 1.12 bits per heavy atom. The minimum Gasteiger partial charge on any atom is -0.324 e. The second-order valence-corrected chi connectivity index (χ2v) is 3.77. The van der Waals surface area contributed by atoms with E-state index < -0.39 is 17.7 Å². The van der Waals surface area contributed by atoms with Crippen LogP contribution in [0.25, 0.3) is 0 Å². The molecule has 1 unspecified atom stereocenters. The predicted octanol–water partition coefficient (Wildman–Crippen LogP) is 2.60. The first-order valence-corrected chi connectivity index (χ1v) is 5.28. The molecule has 0 saturated carbocycles. The molecule has 0 fully saturated rings. The summed E-state index contributed by atoms with van der Waals surface area (Å²) in [6, 6.07) is 8.84. The summed E-state index contributed by atoms with van der Waals surface area (Å²) in [4.78, 5) is 4.10. The molecule has 2 N–H and O–H groups in total. The van der Waals surface area contributed by atoms with Crippen molar-refractivity contribution < 1.29 is 8.78 Å². The van der Waals surface area contributed by atoms with E-state index in [9.17, 15) is 8.78 Å². The summed E-state index contributed by atoms with van der Waals surface area (Å²) in [6.07, 6.45) is 2.02. The summed E-state index contributed by atoms with van der Waals surface area (Å²) >= 11 is 0. The van der Waals surface area contributed by atoms with Gasteiger partial charge in [-0.3, -0.25) is 4.98 Å². The number of rotatable bonds is 3. The summed E-state index contributed by atoms with van der Waals surface area (Å²) < 4.78 is 26.5. The third-order valence-corrected chi connectivity index (χ3v) is 2.54. The Kier molecular flexibility index (Phi) is 3.44. The monoisotopic (exact) mass is 234 g/mol. The van der Waals surface area contributed by atoms with E-state index >= 15 is 0 Å². The van der Waals surface area contributed by atoms with Gasteiger partial charge in [0.2, 0.25) is 0 Å². The number of nitrogens with two attached hydrogens (primary N) is 1. The van der Waals surface area contributed by atoms with E-state index in [1.54, 1.807) is 18.3 Å². The van der Waals surface area contributed by atoms with Crippen LogP contribution in [0.1, 0.15) is 17.3 Å². The van der Waals surface area contributed by atoms with Crippen molar-refractivity contribution in [1.29, 1.82) is 0 Å². The number of nitrogens with zero attached hydrogens (tertiary/aromatic N) is 1. The summed E-state index contributed by atoms with van der Waals surface area (Å²) in [5.41, 5.74) is 6.78. The number of pyridine rings is 1. The Hall–Kier alpha value is -1.81. The van der Waals surface area contributed by atoms with Crippen LogP contribution < -0.4 is 5.73 Å². The van der Waals surface area contributed by atoms with E-state index in [-0.39, 0.29) is 5.56 Å². The quantitative estimate of drug-likeness (QED) is 0.886. The number of hydrogen-bond acceptors (Lipinski definition) is 2. The van der Waals surface area contributed by atoms with E-state index in [0.717, 1.165) is 11.8 Å². The summed E-state index contributed by atoms with van der Waals surface area (Å²) in [5, 5.41) is 0. The van der Waals surface area contributed by atoms with Gasteiger partial charge in [-0.15, -0.1) is 0 Å². The van der Waals surface area contributed by atoms with E-state index in [4.69, 9.17) is 5.73 Å². The molecule has 0 aliphatic carbocycles. The SMILES string of the molecule is NC(Cc1ccccn1)c1cccc(F)c1F. The highest BCUT2D eigenvalue weighted by molar-refractivity contribution is 5.23. The van der Waals surface area contributed by atoms with Crippen LogP contribution in [0.3, 0.4) is 0 Å². The van der Waals surface area contributed by atoms with E-state index in [2.05, 4.69) is 4.98 Å². The molecule has 1 atom stereocenters. The zero-order valence-corrected chi connectivity index (χ0v) is 9.11. The Bertz CT molecular complexity index is 500. The lowest BCUT2D eigenvalue weighted by Crippen LogP contribution is -2.16. The van der Waals surface area contributed by atoms with Crippen LogP contribution in [0.4, 0.5) is 8.78 Å². The van der Waals surface area contributed by atoms with Gasteiger partial charge in [-0.05, 0) is 18.2 Å². The molecule has 0 saturated heterocycles. The second-order valence-electron chi connectivity index (χ2n) is 3.77. The van der Waals surface area contributed by atoms with Gasteiger partial charge in [0, 0.05) is 29.9 Å². The van der Waals surface area contributed by atoms with Crippen LogP contribution >= 0.6 is 0 Å². The first-order chi connectivity index (χ1) is 8.18. The van der Waals surface area contributed by atoms with Crippen LogP contribution in [-0.4, -0.2) is 4.98 Å². The van der Waals surface area contributed by atoms with Gasteiger partial charge in [0.25, 0.3) is 0 Å². The molecule has 1 aromatic heterocycles. The fourth-order valence-electron chi connectivity index (χ4n) is 1.66. The minimum absolute atomic E-state index is 0.177. The lowest BCUT2D eigenvalue weighted by Gasteiger charge is -2.12. The highest BCUT2D eigenvalue weighted by atomic mass is 19.2. The Morgan fingerprint density at radius 2 is 1.94 bits per heavy atom. The van der Waals surface area contributed by atoms with E-state index in [1.807, 2.05) is 6.07 Å². The summed E-state index contributed by atoms with van der Waals surface area (Å²) in [6.45, 7) is 0. The molecule has 2 nitrogen and oxygen atoms in total. The molecule has 0 bridgehead atoms. The number of aromatic nitrogens is 1. The molecule has 0 aliphatic heterocycles. The summed E-state index contributed by atoms with van der Waals surface area (Å²) in [7, 11) is 0. The van der Waals surface area contributed by atoms with Gasteiger partial charge in [-0.2, -0.15) is 0 Å². The topological polar surface area (TPSA) is 38.9 Å². The third kappa shape index (κ3) is 2.65. The van der Waals surface area contributed by atoms with Crippen LogP contribution in [-0.2, 0) is 6.42 Å². The number of hydrogen-bond donors (Lipinski definition) is 1. The zero-order chi connectivity index (χ0) is 12.3. The largest absolute Gasteiger partial charge is 0.324 e. The molecule has 2 rings (SSSR count). The molecule has 0 spiro atoms. The fraction of sp³-hybridized carbons (Fsp3) is 0.154. The molecule has 4 heteroatoms. The van der Waals surface area contributed by atoms with Crippen molar-refractivity contribution in [2.45, 2.75) is 12.5 Å². The van der Waals surface area contributed by atoms with Gasteiger partial charge in [0.05, 0.1) is 0 Å². The van der Waals surface area contributed by atoms with Crippen molar-refractivity contribution in [3.05, 3.63) is 65.5 Å². The van der Waals surface area contributed by atoms with Gasteiger partial charge >= 0.3 is 0 Å². The zero-order valence-electron chi connectivity index (χ0n) is 9.11. The maximum atomic E-state index is 13.5. The van der Waals surface area contributed by atoms with Crippen molar-refractivity contribution in [3.63, 3.8) is 0 Å². The van der Waals surface area contributed by atoms with E-state index in [1.165, 1.54) is 12.1 Å². The number of halogens is 2. The molecule has 0 aliphatic rings. The highest BCUT2D eigenvalue weighted by Gasteiger charge is 2.15. The van der Waals surface area contributed by atoms with Crippen LogP contribution in [0.5, 0.6) is 0 Å². The maximum absolute atomic E-state index is 13.5. The lowest BCUT2D eigenvalue weighted by atomic mass is 10.0. The van der Waals surface area contributed by atoms with Crippen molar-refractivity contribution in [2.75, 3.05) is 0 Å². The standard InChI is InChI=1S/C13H12F2N2/c14-11-6-3-5-10(13(11)15)12(16)8-9-4-1-2-7-17-9/h1-7,12H,8,16H2. The predicted molar refractivity (Wildman–Crippen MR) is 61.2 cm³/mol. The first-order valence-electron chi connectivity index (χ1n) is 5.28. The Labute approximate surface area is 98.1 Å². The molecule has 1 heterocycles. The molecule has 88 valence electrons. The molecule has 17 heavy (non-hydrogen) atoms. The molecular formula is C13H12F2N2. The Morgan fingerprint density at radius 3 is 2.65 bits per heavy atom. The normalized spacial score (nSPS) is 12.4. The second kappa shape index (κ2) is 5.01. The lowest BCUT2D eigenvalue weighted by molar-refractivity contribution is 0.487. The maximum Gasteiger partial charge on any atom is 0.163 e. The third-order valence-electron chi connectivity index (χ3n) is 2.54. The smallest absolute Gasteiger partial charge is 0.163 e. The molecule has 0 amide bonds. The molecule has 2 aromatic rings. The molecule has 1 aromatic carbocycles. The van der Waals surface area contributed by atoms with Crippen molar-refractivity contribution in [2.24, 2.45) is 5.73 Å². The van der Waals surface area contributed by atoms with Crippen molar-refractivity contribution >= 4 is 0 Å². The molecular weight excluding hydrogens is 222 g/mol. The van der Waals surface area contributed by atoms with Gasteiger partial charge in [-0.1, -0.05) is 18.2 Å². The van der Waals surface area contributed by atoms with E-state index in [0.29, 0.717) is 6.42 Å².